The van der Waals surface area contributed by atoms with Crippen LogP contribution >= 0.6 is 0 Å². The lowest BCUT2D eigenvalue weighted by molar-refractivity contribution is -0.122. The summed E-state index contributed by atoms with van der Waals surface area (Å²) in [6.07, 6.45) is 2.39. The fraction of sp³-hybridized carbons (Fsp3) is 0.650. The van der Waals surface area contributed by atoms with Gasteiger partial charge >= 0.3 is 0 Å². The quantitative estimate of drug-likeness (QED) is 0.903. The van der Waals surface area contributed by atoms with E-state index in [1.165, 1.54) is 30.6 Å². The molecule has 0 radical (unpaired) electrons. The summed E-state index contributed by atoms with van der Waals surface area (Å²) in [5, 5.41) is 3.13. The van der Waals surface area contributed by atoms with Crippen LogP contribution in [0.2, 0.25) is 0 Å². The minimum Gasteiger partial charge on any atom is -0.352 e. The normalized spacial score (nSPS) is 30.9. The van der Waals surface area contributed by atoms with Gasteiger partial charge in [-0.2, -0.15) is 0 Å². The van der Waals surface area contributed by atoms with Gasteiger partial charge in [0.05, 0.1) is 0 Å². The van der Waals surface area contributed by atoms with E-state index in [0.29, 0.717) is 12.5 Å². The highest BCUT2D eigenvalue weighted by Crippen LogP contribution is 2.37. The van der Waals surface area contributed by atoms with Gasteiger partial charge in [0.25, 0.3) is 0 Å². The predicted molar refractivity (Wildman–Crippen MR) is 93.8 cm³/mol. The van der Waals surface area contributed by atoms with E-state index >= 15 is 0 Å². The average molecular weight is 314 g/mol. The molecule has 1 N–H and O–H groups in total. The highest BCUT2D eigenvalue weighted by Gasteiger charge is 2.38. The zero-order chi connectivity index (χ0) is 16.4. The Morgan fingerprint density at radius 3 is 2.30 bits per heavy atom. The van der Waals surface area contributed by atoms with Gasteiger partial charge in [-0.05, 0) is 41.7 Å². The van der Waals surface area contributed by atoms with E-state index < -0.39 is 0 Å². The minimum atomic E-state index is 0.229. The summed E-state index contributed by atoms with van der Waals surface area (Å²) in [6, 6.07) is 8.56. The van der Waals surface area contributed by atoms with Gasteiger partial charge in [-0.25, -0.2) is 0 Å². The topological polar surface area (TPSA) is 32.3 Å². The summed E-state index contributed by atoms with van der Waals surface area (Å²) in [4.78, 5) is 14.6. The van der Waals surface area contributed by atoms with Gasteiger partial charge in [0.2, 0.25) is 5.91 Å². The molecule has 1 aliphatic heterocycles. The van der Waals surface area contributed by atoms with Gasteiger partial charge < -0.3 is 5.32 Å². The van der Waals surface area contributed by atoms with Crippen LogP contribution in [0.25, 0.3) is 0 Å². The first-order chi connectivity index (χ1) is 11.0. The van der Waals surface area contributed by atoms with E-state index in [0.717, 1.165) is 24.8 Å². The van der Waals surface area contributed by atoms with Crippen LogP contribution in [-0.4, -0.2) is 23.9 Å². The van der Waals surface area contributed by atoms with Crippen molar-refractivity contribution in [1.82, 2.24) is 10.2 Å². The summed E-state index contributed by atoms with van der Waals surface area (Å²) in [7, 11) is 0. The van der Waals surface area contributed by atoms with Gasteiger partial charge in [0.1, 0.15) is 0 Å². The Kier molecular flexibility index (Phi) is 5.05. The molecular formula is C20H30N2O. The average Bonchev–Trinajstić information content (AvgIpc) is 3.22. The molecule has 1 saturated carbocycles. The van der Waals surface area contributed by atoms with E-state index in [2.05, 4.69) is 55.3 Å². The SMILES string of the molecule is CC1CC(C)CN(Cc2ccccc2CNC(=O)C2CC2C)C1. The van der Waals surface area contributed by atoms with Gasteiger partial charge in [-0.15, -0.1) is 0 Å². The highest BCUT2D eigenvalue weighted by atomic mass is 16.2. The van der Waals surface area contributed by atoms with Crippen molar-refractivity contribution in [2.75, 3.05) is 13.1 Å². The molecule has 0 bridgehead atoms. The Labute approximate surface area is 140 Å². The van der Waals surface area contributed by atoms with E-state index in [4.69, 9.17) is 0 Å². The van der Waals surface area contributed by atoms with Crippen LogP contribution < -0.4 is 5.32 Å². The Morgan fingerprint density at radius 1 is 1.09 bits per heavy atom. The monoisotopic (exact) mass is 314 g/mol. The first-order valence-corrected chi connectivity index (χ1v) is 9.09. The molecule has 1 amide bonds. The summed E-state index contributed by atoms with van der Waals surface area (Å²) >= 11 is 0. The fourth-order valence-corrected chi connectivity index (χ4v) is 4.05. The molecule has 1 aliphatic carbocycles. The van der Waals surface area contributed by atoms with Crippen LogP contribution in [0, 0.1) is 23.7 Å². The fourth-order valence-electron chi connectivity index (χ4n) is 4.05. The van der Waals surface area contributed by atoms with Crippen molar-refractivity contribution in [2.45, 2.75) is 46.7 Å². The molecule has 23 heavy (non-hydrogen) atoms. The van der Waals surface area contributed by atoms with Crippen LogP contribution in [0.3, 0.4) is 0 Å². The molecule has 4 atom stereocenters. The molecule has 2 fully saturated rings. The molecule has 126 valence electrons. The summed E-state index contributed by atoms with van der Waals surface area (Å²) in [6.45, 7) is 10.9. The van der Waals surface area contributed by atoms with Crippen LogP contribution in [0.4, 0.5) is 0 Å². The maximum atomic E-state index is 12.1. The number of amides is 1. The van der Waals surface area contributed by atoms with E-state index in [-0.39, 0.29) is 11.8 Å². The molecule has 3 nitrogen and oxygen atoms in total. The maximum Gasteiger partial charge on any atom is 0.223 e. The standard InChI is InChI=1S/C20H30N2O/c1-14-8-15(2)12-22(11-14)13-18-7-5-4-6-17(18)10-21-20(23)19-9-16(19)3/h4-7,14-16,19H,8-13H2,1-3H3,(H,21,23). The number of likely N-dealkylation sites (tertiary alicyclic amines) is 1. The number of hydrogen-bond acceptors (Lipinski definition) is 2. The molecule has 0 spiro atoms. The molecule has 3 rings (SSSR count). The first-order valence-electron chi connectivity index (χ1n) is 9.09. The van der Waals surface area contributed by atoms with Gasteiger partial charge in [-0.1, -0.05) is 45.0 Å². The molecule has 1 aromatic rings. The third-order valence-electron chi connectivity index (χ3n) is 5.36. The second-order valence-electron chi connectivity index (χ2n) is 7.95. The number of piperidine rings is 1. The van der Waals surface area contributed by atoms with Crippen molar-refractivity contribution >= 4 is 5.91 Å². The maximum absolute atomic E-state index is 12.1. The number of carbonyl (C=O) groups is 1. The van der Waals surface area contributed by atoms with Crippen molar-refractivity contribution < 1.29 is 4.79 Å². The number of benzene rings is 1. The number of rotatable bonds is 5. The Morgan fingerprint density at radius 2 is 1.70 bits per heavy atom. The Hall–Kier alpha value is -1.35. The van der Waals surface area contributed by atoms with Crippen LogP contribution in [0.1, 0.15) is 44.7 Å². The summed E-state index contributed by atoms with van der Waals surface area (Å²) < 4.78 is 0. The first kappa shape index (κ1) is 16.5. The van der Waals surface area contributed by atoms with Crippen LogP contribution in [0.15, 0.2) is 24.3 Å². The second kappa shape index (κ2) is 7.04. The Balaban J connectivity index is 1.60. The molecule has 1 aromatic carbocycles. The smallest absolute Gasteiger partial charge is 0.223 e. The van der Waals surface area contributed by atoms with Crippen molar-refractivity contribution in [1.29, 1.82) is 0 Å². The van der Waals surface area contributed by atoms with Crippen molar-refractivity contribution in [3.8, 4) is 0 Å². The number of nitrogens with zero attached hydrogens (tertiary/aromatic N) is 1. The number of nitrogens with one attached hydrogen (secondary N) is 1. The van der Waals surface area contributed by atoms with Crippen molar-refractivity contribution in [3.63, 3.8) is 0 Å². The summed E-state index contributed by atoms with van der Waals surface area (Å²) in [5.74, 6) is 2.61. The lowest BCUT2D eigenvalue weighted by Gasteiger charge is -2.35. The minimum absolute atomic E-state index is 0.229. The molecule has 3 heteroatoms. The molecule has 2 aliphatic rings. The van der Waals surface area contributed by atoms with Crippen molar-refractivity contribution in [3.05, 3.63) is 35.4 Å². The third kappa shape index (κ3) is 4.35. The highest BCUT2D eigenvalue weighted by molar-refractivity contribution is 5.81. The molecular weight excluding hydrogens is 284 g/mol. The van der Waals surface area contributed by atoms with E-state index in [1.54, 1.807) is 0 Å². The van der Waals surface area contributed by atoms with E-state index in [9.17, 15) is 4.79 Å². The van der Waals surface area contributed by atoms with E-state index in [1.807, 2.05) is 0 Å². The van der Waals surface area contributed by atoms with Crippen LogP contribution in [0.5, 0.6) is 0 Å². The lowest BCUT2D eigenvalue weighted by atomic mass is 9.91. The lowest BCUT2D eigenvalue weighted by Crippen LogP contribution is -2.38. The zero-order valence-corrected chi connectivity index (χ0v) is 14.7. The van der Waals surface area contributed by atoms with Gasteiger partial charge in [0.15, 0.2) is 0 Å². The predicted octanol–water partition coefficient (Wildman–Crippen LogP) is 3.44. The zero-order valence-electron chi connectivity index (χ0n) is 14.7. The number of carbonyl (C=O) groups excluding carboxylic acids is 1. The van der Waals surface area contributed by atoms with Crippen LogP contribution in [-0.2, 0) is 17.9 Å². The van der Waals surface area contributed by atoms with Crippen molar-refractivity contribution in [2.24, 2.45) is 23.7 Å². The van der Waals surface area contributed by atoms with Gasteiger partial charge in [0, 0.05) is 32.1 Å². The van der Waals surface area contributed by atoms with Gasteiger partial charge in [-0.3, -0.25) is 9.69 Å². The third-order valence-corrected chi connectivity index (χ3v) is 5.36. The second-order valence-corrected chi connectivity index (χ2v) is 7.95. The molecule has 1 saturated heterocycles. The Bertz CT molecular complexity index is 546. The molecule has 0 aromatic heterocycles. The molecule has 4 unspecified atom stereocenters. The summed E-state index contributed by atoms with van der Waals surface area (Å²) in [5.41, 5.74) is 2.62. The largest absolute Gasteiger partial charge is 0.352 e. The molecule has 1 heterocycles. The number of hydrogen-bond donors (Lipinski definition) is 1.